The molecule has 0 saturated heterocycles. The molecule has 0 radical (unpaired) electrons. The number of hydrogen-bond donors (Lipinski definition) is 0. The second-order valence-electron chi connectivity index (χ2n) is 9.78. The van der Waals surface area contributed by atoms with Crippen LogP contribution in [0.25, 0.3) is 0 Å². The molecule has 2 aromatic carbocycles. The summed E-state index contributed by atoms with van der Waals surface area (Å²) in [6.07, 6.45) is 4.28. The van der Waals surface area contributed by atoms with Gasteiger partial charge in [0.15, 0.2) is 17.5 Å². The summed E-state index contributed by atoms with van der Waals surface area (Å²) >= 11 is 5.98. The van der Waals surface area contributed by atoms with Crippen LogP contribution in [0.5, 0.6) is 5.75 Å². The number of ether oxygens (including phenoxy) is 1. The Balaban J connectivity index is 1.47. The highest BCUT2D eigenvalue weighted by atomic mass is 35.5. The Morgan fingerprint density at radius 1 is 0.794 bits per heavy atom. The van der Waals surface area contributed by atoms with Crippen molar-refractivity contribution in [2.75, 3.05) is 0 Å². The molecule has 34 heavy (non-hydrogen) atoms. The van der Waals surface area contributed by atoms with E-state index in [4.69, 9.17) is 11.6 Å². The Morgan fingerprint density at radius 3 is 1.88 bits per heavy atom. The molecule has 8 heteroatoms. The molecule has 186 valence electrons. The zero-order valence-electron chi connectivity index (χ0n) is 18.8. The zero-order chi connectivity index (χ0) is 24.6. The summed E-state index contributed by atoms with van der Waals surface area (Å²) in [5, 5.41) is -0.797. The normalized spacial score (nSPS) is 25.9. The lowest BCUT2D eigenvalue weighted by molar-refractivity contribution is -0.185. The van der Waals surface area contributed by atoms with Crippen molar-refractivity contribution in [1.82, 2.24) is 0 Å². The van der Waals surface area contributed by atoms with Crippen molar-refractivity contribution in [2.24, 2.45) is 17.8 Å². The van der Waals surface area contributed by atoms with Crippen LogP contribution in [0.2, 0.25) is 5.02 Å². The van der Waals surface area contributed by atoms with Crippen LogP contribution in [0.15, 0.2) is 24.3 Å². The van der Waals surface area contributed by atoms with Crippen LogP contribution in [0.4, 0.5) is 26.3 Å². The predicted octanol–water partition coefficient (Wildman–Crippen LogP) is 9.12. The minimum absolute atomic E-state index is 0.111. The standard InChI is InChI=1S/C26H27ClF6O/c1-14-2-4-15(5-3-14)16-6-8-17(9-7-16)19-10-11-20(23(27)24(19)30)26(32,33)34-18-12-21(28)25(31)22(29)13-18/h10-17H,2-9H2,1H3. The van der Waals surface area contributed by atoms with E-state index in [1.165, 1.54) is 31.7 Å². The molecule has 2 aliphatic carbocycles. The summed E-state index contributed by atoms with van der Waals surface area (Å²) in [4.78, 5) is 0. The van der Waals surface area contributed by atoms with Crippen LogP contribution >= 0.6 is 11.6 Å². The molecule has 0 spiro atoms. The van der Waals surface area contributed by atoms with Crippen LogP contribution < -0.4 is 4.74 Å². The molecule has 0 N–H and O–H groups in total. The van der Waals surface area contributed by atoms with E-state index < -0.39 is 45.7 Å². The van der Waals surface area contributed by atoms with Gasteiger partial charge < -0.3 is 4.74 Å². The second kappa shape index (κ2) is 10.00. The lowest BCUT2D eigenvalue weighted by Gasteiger charge is -2.37. The third kappa shape index (κ3) is 5.19. The third-order valence-electron chi connectivity index (χ3n) is 7.57. The fourth-order valence-electron chi connectivity index (χ4n) is 5.56. The van der Waals surface area contributed by atoms with Gasteiger partial charge in [0.25, 0.3) is 0 Å². The zero-order valence-corrected chi connectivity index (χ0v) is 19.6. The number of halogens is 7. The molecule has 0 unspecified atom stereocenters. The van der Waals surface area contributed by atoms with Gasteiger partial charge >= 0.3 is 6.11 Å². The highest BCUT2D eigenvalue weighted by Gasteiger charge is 2.40. The first-order chi connectivity index (χ1) is 16.1. The lowest BCUT2D eigenvalue weighted by Crippen LogP contribution is -2.25. The summed E-state index contributed by atoms with van der Waals surface area (Å²) in [7, 11) is 0. The minimum Gasteiger partial charge on any atom is -0.429 e. The van der Waals surface area contributed by atoms with E-state index in [1.54, 1.807) is 0 Å². The molecule has 2 aromatic rings. The average molecular weight is 505 g/mol. The van der Waals surface area contributed by atoms with E-state index in [9.17, 15) is 22.0 Å². The second-order valence-corrected chi connectivity index (χ2v) is 10.2. The highest BCUT2D eigenvalue weighted by Crippen LogP contribution is 2.46. The average Bonchev–Trinajstić information content (AvgIpc) is 2.79. The van der Waals surface area contributed by atoms with E-state index in [0.717, 1.165) is 37.7 Å². The summed E-state index contributed by atoms with van der Waals surface area (Å²) < 4.78 is 88.7. The van der Waals surface area contributed by atoms with Gasteiger partial charge in [-0.1, -0.05) is 37.4 Å². The molecule has 0 bridgehead atoms. The quantitative estimate of drug-likeness (QED) is 0.291. The van der Waals surface area contributed by atoms with Gasteiger partial charge in [0, 0.05) is 12.1 Å². The number of rotatable bonds is 5. The molecule has 0 heterocycles. The Morgan fingerprint density at radius 2 is 1.32 bits per heavy atom. The van der Waals surface area contributed by atoms with Gasteiger partial charge in [-0.25, -0.2) is 17.6 Å². The molecule has 1 nitrogen and oxygen atoms in total. The van der Waals surface area contributed by atoms with Crippen molar-refractivity contribution in [2.45, 2.75) is 70.3 Å². The maximum absolute atomic E-state index is 15.1. The molecule has 2 aliphatic rings. The largest absolute Gasteiger partial charge is 0.429 e. The molecule has 2 fully saturated rings. The van der Waals surface area contributed by atoms with Gasteiger partial charge in [0.1, 0.15) is 11.6 Å². The predicted molar refractivity (Wildman–Crippen MR) is 118 cm³/mol. The highest BCUT2D eigenvalue weighted by molar-refractivity contribution is 6.31. The Kier molecular flexibility index (Phi) is 7.41. The van der Waals surface area contributed by atoms with Crippen molar-refractivity contribution in [3.63, 3.8) is 0 Å². The van der Waals surface area contributed by atoms with E-state index in [2.05, 4.69) is 11.7 Å². The first-order valence-electron chi connectivity index (χ1n) is 11.8. The van der Waals surface area contributed by atoms with E-state index in [-0.39, 0.29) is 18.1 Å². The third-order valence-corrected chi connectivity index (χ3v) is 7.94. The maximum atomic E-state index is 15.1. The SMILES string of the molecule is CC1CCC(C2CCC(c3ccc(C(F)(F)Oc4cc(F)c(F)c(F)c4)c(Cl)c3F)CC2)CC1. The smallest absolute Gasteiger partial charge is 0.428 e. The van der Waals surface area contributed by atoms with Crippen molar-refractivity contribution in [3.05, 3.63) is 63.7 Å². The molecule has 0 aliphatic heterocycles. The van der Waals surface area contributed by atoms with Crippen molar-refractivity contribution < 1.29 is 31.1 Å². The van der Waals surface area contributed by atoms with Gasteiger partial charge in [0.2, 0.25) is 0 Å². The van der Waals surface area contributed by atoms with Crippen LogP contribution in [0, 0.1) is 41.0 Å². The summed E-state index contributed by atoms with van der Waals surface area (Å²) in [6, 6.07) is 2.84. The van der Waals surface area contributed by atoms with Crippen LogP contribution in [-0.4, -0.2) is 0 Å². The molecular weight excluding hydrogens is 478 g/mol. The van der Waals surface area contributed by atoms with Crippen molar-refractivity contribution in [3.8, 4) is 5.75 Å². The van der Waals surface area contributed by atoms with Gasteiger partial charge in [0.05, 0.1) is 10.6 Å². The molecule has 0 atom stereocenters. The Hall–Kier alpha value is -1.89. The van der Waals surface area contributed by atoms with Gasteiger partial charge in [-0.15, -0.1) is 0 Å². The summed E-state index contributed by atoms with van der Waals surface area (Å²) in [5.41, 5.74) is -0.676. The van der Waals surface area contributed by atoms with Crippen LogP contribution in [-0.2, 0) is 6.11 Å². The number of alkyl halides is 2. The summed E-state index contributed by atoms with van der Waals surface area (Å²) in [5.74, 6) is -5.05. The molecular formula is C26H27ClF6O. The van der Waals surface area contributed by atoms with E-state index in [1.807, 2.05) is 0 Å². The molecule has 0 amide bonds. The fourth-order valence-corrected chi connectivity index (χ4v) is 5.84. The van der Waals surface area contributed by atoms with E-state index in [0.29, 0.717) is 17.4 Å². The Labute approximate surface area is 200 Å². The molecule has 4 rings (SSSR count). The fraction of sp³-hybridized carbons (Fsp3) is 0.538. The van der Waals surface area contributed by atoms with Gasteiger partial charge in [-0.3, -0.25) is 0 Å². The number of hydrogen-bond acceptors (Lipinski definition) is 1. The van der Waals surface area contributed by atoms with Crippen molar-refractivity contribution >= 4 is 11.6 Å². The van der Waals surface area contributed by atoms with Gasteiger partial charge in [-0.2, -0.15) is 8.78 Å². The van der Waals surface area contributed by atoms with Crippen LogP contribution in [0.3, 0.4) is 0 Å². The van der Waals surface area contributed by atoms with Crippen molar-refractivity contribution in [1.29, 1.82) is 0 Å². The molecule has 2 saturated carbocycles. The first kappa shape index (κ1) is 25.2. The van der Waals surface area contributed by atoms with Crippen LogP contribution in [0.1, 0.15) is 75.3 Å². The molecule has 0 aromatic heterocycles. The lowest BCUT2D eigenvalue weighted by atomic mass is 9.68. The summed E-state index contributed by atoms with van der Waals surface area (Å²) in [6.45, 7) is 2.29. The minimum atomic E-state index is -4.19. The monoisotopic (exact) mass is 504 g/mol. The Bertz CT molecular complexity index is 1000. The van der Waals surface area contributed by atoms with Gasteiger partial charge in [-0.05, 0) is 73.8 Å². The maximum Gasteiger partial charge on any atom is 0.428 e. The topological polar surface area (TPSA) is 9.23 Å². The first-order valence-corrected chi connectivity index (χ1v) is 12.1. The number of benzene rings is 2. The van der Waals surface area contributed by atoms with E-state index >= 15 is 4.39 Å².